The quantitative estimate of drug-likeness (QED) is 0.186. The Bertz CT molecular complexity index is 3350. The molecule has 0 saturated carbocycles. The van der Waals surface area contributed by atoms with Crippen molar-refractivity contribution in [1.82, 2.24) is 19.5 Å². The normalized spacial score (nSPS) is 14.1. The van der Waals surface area contributed by atoms with Gasteiger partial charge < -0.3 is 8.98 Å². The van der Waals surface area contributed by atoms with E-state index in [-0.39, 0.29) is 41.3 Å². The number of para-hydroxylation sites is 2. The highest BCUT2D eigenvalue weighted by atomic mass is 16.3. The van der Waals surface area contributed by atoms with Gasteiger partial charge in [-0.1, -0.05) is 115 Å². The molecule has 0 aliphatic heterocycles. The molecular formula is C45H28N4O. The predicted octanol–water partition coefficient (Wildman–Crippen LogP) is 11.5. The zero-order valence-corrected chi connectivity index (χ0v) is 26.2. The van der Waals surface area contributed by atoms with Crippen molar-refractivity contribution in [3.63, 3.8) is 0 Å². The average Bonchev–Trinajstić information content (AvgIpc) is 3.82. The van der Waals surface area contributed by atoms with E-state index in [0.29, 0.717) is 56.2 Å². The van der Waals surface area contributed by atoms with E-state index in [4.69, 9.17) is 31.7 Å². The summed E-state index contributed by atoms with van der Waals surface area (Å²) in [6.45, 7) is 0. The summed E-state index contributed by atoms with van der Waals surface area (Å²) in [7, 11) is 0. The van der Waals surface area contributed by atoms with Crippen molar-refractivity contribution in [3.8, 4) is 51.0 Å². The van der Waals surface area contributed by atoms with Crippen LogP contribution in [-0.2, 0) is 0 Å². The minimum atomic E-state index is -0.504. The van der Waals surface area contributed by atoms with Gasteiger partial charge in [-0.2, -0.15) is 0 Å². The number of benzene rings is 7. The zero-order chi connectivity index (χ0) is 40.9. The van der Waals surface area contributed by atoms with Crippen LogP contribution in [0.15, 0.2) is 174 Å². The number of aromatic nitrogens is 4. The molecule has 0 N–H and O–H groups in total. The standard InChI is InChI=1S/C45H28N4O/c1-3-11-29(12-4-1)32-21-25-36-35-15-7-9-17-39(35)49(40(36)27-32)34-23-19-31(20-24-34)44-46-43(30-13-5-2-6-14-30)47-45(48-44)33-22-26-38-37-16-8-10-18-41(37)50-42(38)28-33/h1-28H/i1D,3D,4D,7D,9D,11D,12D,15D,17D. The first-order valence-corrected chi connectivity index (χ1v) is 16.0. The van der Waals surface area contributed by atoms with E-state index in [9.17, 15) is 0 Å². The molecule has 0 fully saturated rings. The van der Waals surface area contributed by atoms with Crippen LogP contribution in [0, 0.1) is 0 Å². The molecule has 0 unspecified atom stereocenters. The lowest BCUT2D eigenvalue weighted by molar-refractivity contribution is 0.669. The van der Waals surface area contributed by atoms with E-state index in [0.717, 1.165) is 27.5 Å². The number of fused-ring (bicyclic) bond motifs is 6. The maximum atomic E-state index is 9.01. The Labute approximate surface area is 300 Å². The highest BCUT2D eigenvalue weighted by Gasteiger charge is 2.17. The summed E-state index contributed by atoms with van der Waals surface area (Å²) >= 11 is 0. The maximum absolute atomic E-state index is 9.01. The number of furan rings is 1. The van der Waals surface area contributed by atoms with Gasteiger partial charge >= 0.3 is 0 Å². The van der Waals surface area contributed by atoms with Gasteiger partial charge in [0.25, 0.3) is 0 Å². The molecule has 234 valence electrons. The number of rotatable bonds is 5. The van der Waals surface area contributed by atoms with Gasteiger partial charge in [0.2, 0.25) is 0 Å². The minimum Gasteiger partial charge on any atom is -0.456 e. The van der Waals surface area contributed by atoms with Crippen LogP contribution in [0.25, 0.3) is 94.7 Å². The highest BCUT2D eigenvalue weighted by Crippen LogP contribution is 2.36. The number of nitrogens with zero attached hydrogens (tertiary/aromatic N) is 4. The van der Waals surface area contributed by atoms with Crippen molar-refractivity contribution in [2.75, 3.05) is 0 Å². The molecule has 5 nitrogen and oxygen atoms in total. The van der Waals surface area contributed by atoms with Crippen LogP contribution in [0.4, 0.5) is 0 Å². The Balaban J connectivity index is 1.15. The van der Waals surface area contributed by atoms with E-state index < -0.39 is 24.2 Å². The van der Waals surface area contributed by atoms with Crippen LogP contribution >= 0.6 is 0 Å². The van der Waals surface area contributed by atoms with Gasteiger partial charge in [0.1, 0.15) is 11.2 Å². The zero-order valence-electron chi connectivity index (χ0n) is 35.2. The van der Waals surface area contributed by atoms with Gasteiger partial charge in [-0.15, -0.1) is 0 Å². The molecule has 10 rings (SSSR count). The van der Waals surface area contributed by atoms with Crippen molar-refractivity contribution in [2.45, 2.75) is 0 Å². The average molecular weight is 650 g/mol. The molecule has 5 heteroatoms. The minimum absolute atomic E-state index is 0.00365. The lowest BCUT2D eigenvalue weighted by Gasteiger charge is -2.11. The van der Waals surface area contributed by atoms with Crippen LogP contribution in [0.2, 0.25) is 0 Å². The summed E-state index contributed by atoms with van der Waals surface area (Å²) < 4.78 is 84.7. The van der Waals surface area contributed by atoms with Crippen molar-refractivity contribution in [2.24, 2.45) is 0 Å². The second-order valence-electron chi connectivity index (χ2n) is 11.8. The fraction of sp³-hybridized carbons (Fsp3) is 0. The lowest BCUT2D eigenvalue weighted by Crippen LogP contribution is -2.00. The van der Waals surface area contributed by atoms with Crippen LogP contribution in [0.5, 0.6) is 0 Å². The van der Waals surface area contributed by atoms with E-state index in [1.165, 1.54) is 0 Å². The Hall–Kier alpha value is -6.85. The van der Waals surface area contributed by atoms with Crippen LogP contribution < -0.4 is 0 Å². The molecule has 0 saturated heterocycles. The van der Waals surface area contributed by atoms with Crippen molar-refractivity contribution < 1.29 is 16.8 Å². The largest absolute Gasteiger partial charge is 0.456 e. The van der Waals surface area contributed by atoms with Crippen LogP contribution in [-0.4, -0.2) is 19.5 Å². The monoisotopic (exact) mass is 649 g/mol. The Morgan fingerprint density at radius 3 is 1.86 bits per heavy atom. The summed E-state index contributed by atoms with van der Waals surface area (Å²) in [5.74, 6) is 1.31. The molecule has 7 aromatic carbocycles. The summed E-state index contributed by atoms with van der Waals surface area (Å²) in [6, 6.07) is 32.1. The van der Waals surface area contributed by atoms with Gasteiger partial charge in [0.05, 0.1) is 23.4 Å². The molecule has 0 atom stereocenters. The molecular weight excluding hydrogens is 613 g/mol. The van der Waals surface area contributed by atoms with E-state index in [1.807, 2.05) is 84.9 Å². The van der Waals surface area contributed by atoms with Crippen molar-refractivity contribution >= 4 is 43.7 Å². The predicted molar refractivity (Wildman–Crippen MR) is 203 cm³/mol. The third-order valence-corrected chi connectivity index (χ3v) is 8.88. The first-order valence-electron chi connectivity index (χ1n) is 20.5. The van der Waals surface area contributed by atoms with Gasteiger partial charge in [-0.3, -0.25) is 0 Å². The molecule has 0 bridgehead atoms. The number of hydrogen-bond donors (Lipinski definition) is 0. The summed E-state index contributed by atoms with van der Waals surface area (Å²) in [6.07, 6.45) is 0. The number of hydrogen-bond acceptors (Lipinski definition) is 4. The molecule has 50 heavy (non-hydrogen) atoms. The third kappa shape index (κ3) is 4.67. The van der Waals surface area contributed by atoms with Crippen LogP contribution in [0.3, 0.4) is 0 Å². The molecule has 0 amide bonds. The second kappa shape index (κ2) is 11.4. The molecule has 0 radical (unpaired) electrons. The molecule has 3 aromatic heterocycles. The van der Waals surface area contributed by atoms with Gasteiger partial charge in [0, 0.05) is 43.9 Å². The summed E-state index contributed by atoms with van der Waals surface area (Å²) in [4.78, 5) is 14.7. The van der Waals surface area contributed by atoms with Crippen molar-refractivity contribution in [3.05, 3.63) is 170 Å². The smallest absolute Gasteiger partial charge is 0.164 e. The van der Waals surface area contributed by atoms with Gasteiger partial charge in [-0.05, 0) is 65.7 Å². The van der Waals surface area contributed by atoms with Gasteiger partial charge in [0.15, 0.2) is 17.5 Å². The molecule has 0 spiro atoms. The Morgan fingerprint density at radius 1 is 0.420 bits per heavy atom. The molecule has 0 aliphatic carbocycles. The first-order chi connectivity index (χ1) is 28.5. The lowest BCUT2D eigenvalue weighted by atomic mass is 10.0. The SMILES string of the molecule is [2H]c1c([2H])c([2H])c(-c2ccc3c4c([2H])c([2H])c([2H])c([2H])c4n(-c4ccc(-c5nc(-c6ccccc6)nc(-c6ccc7c(c6)oc6ccccc67)n5)cc4)c3c2)c([2H])c1[2H]. The van der Waals surface area contributed by atoms with E-state index >= 15 is 0 Å². The summed E-state index contributed by atoms with van der Waals surface area (Å²) in [5, 5.41) is 2.79. The molecule has 10 aromatic rings. The molecule has 0 aliphatic rings. The second-order valence-corrected chi connectivity index (χ2v) is 11.8. The van der Waals surface area contributed by atoms with Gasteiger partial charge in [-0.25, -0.2) is 15.0 Å². The Morgan fingerprint density at radius 2 is 1.04 bits per heavy atom. The molecule has 3 heterocycles. The van der Waals surface area contributed by atoms with Crippen LogP contribution in [0.1, 0.15) is 12.3 Å². The summed E-state index contributed by atoms with van der Waals surface area (Å²) in [5.41, 5.74) is 5.25. The third-order valence-electron chi connectivity index (χ3n) is 8.88. The first kappa shape index (κ1) is 20.5. The topological polar surface area (TPSA) is 56.7 Å². The fourth-order valence-corrected chi connectivity index (χ4v) is 6.51. The Kier molecular flexibility index (Phi) is 4.67. The highest BCUT2D eigenvalue weighted by molar-refractivity contribution is 6.10. The van der Waals surface area contributed by atoms with Crippen molar-refractivity contribution in [1.29, 1.82) is 0 Å². The van der Waals surface area contributed by atoms with E-state index in [2.05, 4.69) is 0 Å². The van der Waals surface area contributed by atoms with E-state index in [1.54, 1.807) is 34.9 Å². The maximum Gasteiger partial charge on any atom is 0.164 e. The fourth-order valence-electron chi connectivity index (χ4n) is 6.51.